The molecule has 0 aliphatic carbocycles. The van der Waals surface area contributed by atoms with E-state index in [-0.39, 0.29) is 0 Å². The number of rotatable bonds is 4. The highest BCUT2D eigenvalue weighted by molar-refractivity contribution is 6.30. The zero-order valence-corrected chi connectivity index (χ0v) is 13.5. The van der Waals surface area contributed by atoms with E-state index in [1.807, 2.05) is 62.4 Å². The van der Waals surface area contributed by atoms with E-state index < -0.39 is 0 Å². The first-order chi connectivity index (χ1) is 10.0. The maximum absolute atomic E-state index is 5.86. The summed E-state index contributed by atoms with van der Waals surface area (Å²) in [4.78, 5) is 9.10. The lowest BCUT2D eigenvalue weighted by molar-refractivity contribution is 1.37. The van der Waals surface area contributed by atoms with Crippen molar-refractivity contribution in [3.8, 4) is 0 Å². The summed E-state index contributed by atoms with van der Waals surface area (Å²) >= 11 is 11.7. The van der Waals surface area contributed by atoms with Crippen LogP contribution < -0.4 is 0 Å². The van der Waals surface area contributed by atoms with E-state index in [4.69, 9.17) is 23.2 Å². The Kier molecular flexibility index (Phi) is 5.54. The predicted octanol–water partition coefficient (Wildman–Crippen LogP) is 6.27. The van der Waals surface area contributed by atoms with Gasteiger partial charge in [0.05, 0.1) is 11.4 Å². The second kappa shape index (κ2) is 7.39. The maximum atomic E-state index is 5.86. The summed E-state index contributed by atoms with van der Waals surface area (Å²) in [6.07, 6.45) is 0.727. The zero-order valence-electron chi connectivity index (χ0n) is 12.0. The van der Waals surface area contributed by atoms with Gasteiger partial charge in [0, 0.05) is 27.9 Å². The molecule has 0 aliphatic rings. The molecule has 2 nitrogen and oxygen atoms in total. The van der Waals surface area contributed by atoms with Gasteiger partial charge in [-0.05, 0) is 62.4 Å². The Labute approximate surface area is 135 Å². The molecule has 0 unspecified atom stereocenters. The molecule has 108 valence electrons. The molecule has 0 spiro atoms. The maximum Gasteiger partial charge on any atom is 0.0630 e. The summed E-state index contributed by atoms with van der Waals surface area (Å²) in [6.45, 7) is 3.99. The Morgan fingerprint density at radius 3 is 1.38 bits per heavy atom. The molecule has 0 aromatic heterocycles. The highest BCUT2D eigenvalue weighted by atomic mass is 35.5. The first-order valence-electron chi connectivity index (χ1n) is 6.62. The summed E-state index contributed by atoms with van der Waals surface area (Å²) in [5, 5.41) is 1.43. The average Bonchev–Trinajstić information content (AvgIpc) is 2.44. The SMILES string of the molecule is C/C(C/C(C)=N/c1ccc(Cl)cc1)=N/c1ccc(Cl)cc1. The lowest BCUT2D eigenvalue weighted by Gasteiger charge is -2.02. The Morgan fingerprint density at radius 1 is 0.714 bits per heavy atom. The molecule has 0 radical (unpaired) electrons. The molecule has 0 aliphatic heterocycles. The predicted molar refractivity (Wildman–Crippen MR) is 93.1 cm³/mol. The summed E-state index contributed by atoms with van der Waals surface area (Å²) in [6, 6.07) is 14.9. The van der Waals surface area contributed by atoms with Gasteiger partial charge in [-0.15, -0.1) is 0 Å². The van der Waals surface area contributed by atoms with Gasteiger partial charge in [-0.3, -0.25) is 9.98 Å². The van der Waals surface area contributed by atoms with Crippen LogP contribution in [0.2, 0.25) is 10.0 Å². The van der Waals surface area contributed by atoms with E-state index in [2.05, 4.69) is 9.98 Å². The van der Waals surface area contributed by atoms with Crippen LogP contribution in [-0.4, -0.2) is 11.4 Å². The van der Waals surface area contributed by atoms with Crippen molar-refractivity contribution in [1.82, 2.24) is 0 Å². The second-order valence-corrected chi connectivity index (χ2v) is 5.70. The van der Waals surface area contributed by atoms with E-state index in [0.29, 0.717) is 10.0 Å². The topological polar surface area (TPSA) is 24.7 Å². The van der Waals surface area contributed by atoms with Gasteiger partial charge in [0.1, 0.15) is 0 Å². The quantitative estimate of drug-likeness (QED) is 0.593. The van der Waals surface area contributed by atoms with Crippen molar-refractivity contribution in [3.05, 3.63) is 58.6 Å². The molecule has 0 amide bonds. The lowest BCUT2D eigenvalue weighted by Crippen LogP contribution is -2.00. The number of hydrogen-bond donors (Lipinski definition) is 0. The molecule has 0 atom stereocenters. The van der Waals surface area contributed by atoms with Crippen molar-refractivity contribution >= 4 is 46.0 Å². The van der Waals surface area contributed by atoms with Crippen LogP contribution >= 0.6 is 23.2 Å². The lowest BCUT2D eigenvalue weighted by atomic mass is 10.2. The monoisotopic (exact) mass is 318 g/mol. The Hall–Kier alpha value is -1.64. The molecule has 4 heteroatoms. The highest BCUT2D eigenvalue weighted by Crippen LogP contribution is 2.18. The standard InChI is InChI=1S/C17H16Cl2N2/c1-12(20-16-7-3-14(18)4-8-16)11-13(2)21-17-9-5-15(19)6-10-17/h3-10H,11H2,1-2H3/b20-12-,21-13+. The summed E-state index contributed by atoms with van der Waals surface area (Å²) in [5.41, 5.74) is 3.81. The fourth-order valence-electron chi connectivity index (χ4n) is 1.92. The third-order valence-corrected chi connectivity index (χ3v) is 3.31. The molecular weight excluding hydrogens is 303 g/mol. The van der Waals surface area contributed by atoms with Crippen LogP contribution in [0.1, 0.15) is 20.3 Å². The molecule has 0 fully saturated rings. The Balaban J connectivity index is 2.05. The summed E-state index contributed by atoms with van der Waals surface area (Å²) in [7, 11) is 0. The normalized spacial score (nSPS) is 12.6. The van der Waals surface area contributed by atoms with Crippen LogP contribution in [0, 0.1) is 0 Å². The molecule has 2 aromatic carbocycles. The molecule has 2 aromatic rings. The summed E-state index contributed by atoms with van der Waals surface area (Å²) < 4.78 is 0. The van der Waals surface area contributed by atoms with E-state index in [1.165, 1.54) is 0 Å². The minimum atomic E-state index is 0.715. The number of halogens is 2. The highest BCUT2D eigenvalue weighted by Gasteiger charge is 1.99. The number of benzene rings is 2. The minimum absolute atomic E-state index is 0.715. The molecule has 2 rings (SSSR count). The van der Waals surface area contributed by atoms with Gasteiger partial charge in [0.15, 0.2) is 0 Å². The molecular formula is C17H16Cl2N2. The first kappa shape index (κ1) is 15.7. The average molecular weight is 319 g/mol. The van der Waals surface area contributed by atoms with Crippen LogP contribution in [0.15, 0.2) is 58.5 Å². The largest absolute Gasteiger partial charge is 0.258 e. The molecule has 0 saturated carbocycles. The van der Waals surface area contributed by atoms with Gasteiger partial charge in [-0.25, -0.2) is 0 Å². The second-order valence-electron chi connectivity index (χ2n) is 4.82. The van der Waals surface area contributed by atoms with E-state index in [9.17, 15) is 0 Å². The fourth-order valence-corrected chi connectivity index (χ4v) is 2.17. The van der Waals surface area contributed by atoms with E-state index >= 15 is 0 Å². The minimum Gasteiger partial charge on any atom is -0.258 e. The van der Waals surface area contributed by atoms with E-state index in [0.717, 1.165) is 29.2 Å². The van der Waals surface area contributed by atoms with Gasteiger partial charge in [-0.1, -0.05) is 23.2 Å². The van der Waals surface area contributed by atoms with Gasteiger partial charge >= 0.3 is 0 Å². The third-order valence-electron chi connectivity index (χ3n) is 2.80. The van der Waals surface area contributed by atoms with Crippen LogP contribution in [-0.2, 0) is 0 Å². The van der Waals surface area contributed by atoms with E-state index in [1.54, 1.807) is 0 Å². The molecule has 0 N–H and O–H groups in total. The molecule has 0 saturated heterocycles. The summed E-state index contributed by atoms with van der Waals surface area (Å²) in [5.74, 6) is 0. The molecule has 21 heavy (non-hydrogen) atoms. The number of aliphatic imine (C=N–C) groups is 2. The van der Waals surface area contributed by atoms with Crippen molar-refractivity contribution in [2.45, 2.75) is 20.3 Å². The number of nitrogens with zero attached hydrogens (tertiary/aromatic N) is 2. The van der Waals surface area contributed by atoms with Gasteiger partial charge in [0.25, 0.3) is 0 Å². The first-order valence-corrected chi connectivity index (χ1v) is 7.38. The van der Waals surface area contributed by atoms with Crippen LogP contribution in [0.25, 0.3) is 0 Å². The Bertz CT molecular complexity index is 597. The number of hydrogen-bond acceptors (Lipinski definition) is 2. The van der Waals surface area contributed by atoms with Crippen molar-refractivity contribution in [1.29, 1.82) is 0 Å². The van der Waals surface area contributed by atoms with Crippen molar-refractivity contribution in [3.63, 3.8) is 0 Å². The smallest absolute Gasteiger partial charge is 0.0630 e. The van der Waals surface area contributed by atoms with Crippen molar-refractivity contribution in [2.24, 2.45) is 9.98 Å². The fraction of sp³-hybridized carbons (Fsp3) is 0.176. The van der Waals surface area contributed by atoms with Gasteiger partial charge in [0.2, 0.25) is 0 Å². The Morgan fingerprint density at radius 2 is 1.05 bits per heavy atom. The molecule has 0 bridgehead atoms. The van der Waals surface area contributed by atoms with Crippen LogP contribution in [0.4, 0.5) is 11.4 Å². The third kappa shape index (κ3) is 5.33. The van der Waals surface area contributed by atoms with Crippen molar-refractivity contribution < 1.29 is 0 Å². The van der Waals surface area contributed by atoms with Gasteiger partial charge < -0.3 is 0 Å². The van der Waals surface area contributed by atoms with Crippen LogP contribution in [0.5, 0.6) is 0 Å². The van der Waals surface area contributed by atoms with Gasteiger partial charge in [-0.2, -0.15) is 0 Å². The molecule has 0 heterocycles. The zero-order chi connectivity index (χ0) is 15.2. The van der Waals surface area contributed by atoms with Crippen LogP contribution in [0.3, 0.4) is 0 Å². The van der Waals surface area contributed by atoms with Crippen molar-refractivity contribution in [2.75, 3.05) is 0 Å².